The van der Waals surface area contributed by atoms with Gasteiger partial charge in [-0.25, -0.2) is 0 Å². The molecule has 2 rings (SSSR count). The van der Waals surface area contributed by atoms with Crippen LogP contribution in [0, 0.1) is 17.2 Å². The van der Waals surface area contributed by atoms with Gasteiger partial charge in [-0.3, -0.25) is 4.79 Å². The number of nitriles is 1. The number of nitrogens with zero attached hydrogens (tertiary/aromatic N) is 2. The van der Waals surface area contributed by atoms with Gasteiger partial charge in [-0.05, 0) is 31.0 Å². The molecule has 0 spiro atoms. The van der Waals surface area contributed by atoms with Gasteiger partial charge < -0.3 is 4.90 Å². The third kappa shape index (κ3) is 2.85. The van der Waals surface area contributed by atoms with E-state index in [2.05, 4.69) is 22.0 Å². The molecular weight excluding hydrogens is 316 g/mol. The van der Waals surface area contributed by atoms with E-state index in [1.165, 1.54) is 0 Å². The monoisotopic (exact) mass is 326 g/mol. The van der Waals surface area contributed by atoms with E-state index >= 15 is 0 Å². The average molecular weight is 328 g/mol. The zero-order chi connectivity index (χ0) is 13.1. The summed E-state index contributed by atoms with van der Waals surface area (Å²) >= 11 is 9.38. The lowest BCUT2D eigenvalue weighted by atomic mass is 9.98. The molecule has 3 nitrogen and oxygen atoms in total. The molecule has 0 aromatic heterocycles. The van der Waals surface area contributed by atoms with Crippen molar-refractivity contribution in [1.82, 2.24) is 4.90 Å². The van der Waals surface area contributed by atoms with Crippen LogP contribution in [-0.2, 0) is 0 Å². The molecule has 0 atom stereocenters. The standard InChI is InChI=1S/C13H12BrClN2O/c14-10-1-2-12(15)11(7-10)13(18)17-5-3-9(8-16)4-6-17/h1-2,7,9H,3-6H2. The molecule has 0 unspecified atom stereocenters. The Balaban J connectivity index is 2.13. The molecule has 0 bridgehead atoms. The van der Waals surface area contributed by atoms with Gasteiger partial charge >= 0.3 is 0 Å². The second kappa shape index (κ2) is 5.73. The van der Waals surface area contributed by atoms with E-state index in [1.54, 1.807) is 23.1 Å². The Morgan fingerprint density at radius 2 is 2.11 bits per heavy atom. The lowest BCUT2D eigenvalue weighted by Gasteiger charge is -2.29. The fourth-order valence-corrected chi connectivity index (χ4v) is 2.60. The first-order valence-corrected chi connectivity index (χ1v) is 6.93. The minimum absolute atomic E-state index is 0.0577. The Morgan fingerprint density at radius 1 is 1.44 bits per heavy atom. The molecule has 1 amide bonds. The fourth-order valence-electron chi connectivity index (χ4n) is 2.04. The molecule has 0 radical (unpaired) electrons. The zero-order valence-corrected chi connectivity index (χ0v) is 12.0. The Labute approximate surface area is 119 Å². The molecule has 1 aromatic carbocycles. The number of carbonyl (C=O) groups is 1. The number of rotatable bonds is 1. The van der Waals surface area contributed by atoms with Gasteiger partial charge in [0.1, 0.15) is 0 Å². The molecule has 1 heterocycles. The average Bonchev–Trinajstić information content (AvgIpc) is 2.41. The van der Waals surface area contributed by atoms with Gasteiger partial charge in [-0.15, -0.1) is 0 Å². The van der Waals surface area contributed by atoms with Crippen LogP contribution in [0.3, 0.4) is 0 Å². The van der Waals surface area contributed by atoms with Crippen LogP contribution in [0.25, 0.3) is 0 Å². The van der Waals surface area contributed by atoms with Crippen LogP contribution in [0.2, 0.25) is 5.02 Å². The van der Waals surface area contributed by atoms with Crippen LogP contribution in [0.4, 0.5) is 0 Å². The quantitative estimate of drug-likeness (QED) is 0.792. The Morgan fingerprint density at radius 3 is 2.72 bits per heavy atom. The predicted molar refractivity (Wildman–Crippen MR) is 73.4 cm³/mol. The molecule has 5 heteroatoms. The summed E-state index contributed by atoms with van der Waals surface area (Å²) in [5, 5.41) is 9.30. The van der Waals surface area contributed by atoms with Gasteiger partial charge in [0.25, 0.3) is 5.91 Å². The summed E-state index contributed by atoms with van der Waals surface area (Å²) in [4.78, 5) is 14.1. The topological polar surface area (TPSA) is 44.1 Å². The third-order valence-electron chi connectivity index (χ3n) is 3.12. The first kappa shape index (κ1) is 13.4. The Hall–Kier alpha value is -1.05. The molecular formula is C13H12BrClN2O. The maximum Gasteiger partial charge on any atom is 0.255 e. The van der Waals surface area contributed by atoms with Crippen LogP contribution < -0.4 is 0 Å². The first-order chi connectivity index (χ1) is 8.61. The maximum atomic E-state index is 12.3. The number of hydrogen-bond acceptors (Lipinski definition) is 2. The third-order valence-corrected chi connectivity index (χ3v) is 3.95. The number of carbonyl (C=O) groups excluding carboxylic acids is 1. The van der Waals surface area contributed by atoms with E-state index < -0.39 is 0 Å². The largest absolute Gasteiger partial charge is 0.339 e. The van der Waals surface area contributed by atoms with Crippen molar-refractivity contribution in [1.29, 1.82) is 5.26 Å². The molecule has 0 N–H and O–H groups in total. The second-order valence-corrected chi connectivity index (χ2v) is 5.64. The molecule has 1 aliphatic rings. The summed E-state index contributed by atoms with van der Waals surface area (Å²) in [6, 6.07) is 7.51. The Bertz CT molecular complexity index is 504. The van der Waals surface area contributed by atoms with Gasteiger partial charge in [0.05, 0.1) is 16.7 Å². The summed E-state index contributed by atoms with van der Waals surface area (Å²) in [5.74, 6) is 0.0183. The van der Waals surface area contributed by atoms with Crippen molar-refractivity contribution in [2.24, 2.45) is 5.92 Å². The summed E-state index contributed by atoms with van der Waals surface area (Å²) in [7, 11) is 0. The molecule has 1 saturated heterocycles. The van der Waals surface area contributed by atoms with Crippen molar-refractivity contribution in [3.05, 3.63) is 33.3 Å². The summed E-state index contributed by atoms with van der Waals surface area (Å²) in [5.41, 5.74) is 0.515. The molecule has 0 saturated carbocycles. The van der Waals surface area contributed by atoms with Gasteiger partial charge in [0, 0.05) is 23.5 Å². The van der Waals surface area contributed by atoms with E-state index in [1.807, 2.05) is 0 Å². The normalized spacial score (nSPS) is 16.4. The van der Waals surface area contributed by atoms with E-state index in [-0.39, 0.29) is 11.8 Å². The van der Waals surface area contributed by atoms with Crippen molar-refractivity contribution in [2.75, 3.05) is 13.1 Å². The second-order valence-electron chi connectivity index (χ2n) is 4.32. The number of piperidine rings is 1. The highest BCUT2D eigenvalue weighted by atomic mass is 79.9. The van der Waals surface area contributed by atoms with Gasteiger partial charge in [-0.2, -0.15) is 5.26 Å². The smallest absolute Gasteiger partial charge is 0.255 e. The Kier molecular flexibility index (Phi) is 4.26. The molecule has 1 fully saturated rings. The van der Waals surface area contributed by atoms with Gasteiger partial charge in [0.2, 0.25) is 0 Å². The zero-order valence-electron chi connectivity index (χ0n) is 9.70. The lowest BCUT2D eigenvalue weighted by Crippen LogP contribution is -2.38. The number of benzene rings is 1. The van der Waals surface area contributed by atoms with Crippen molar-refractivity contribution < 1.29 is 4.79 Å². The van der Waals surface area contributed by atoms with Crippen molar-refractivity contribution in [3.8, 4) is 6.07 Å². The molecule has 0 aliphatic carbocycles. The van der Waals surface area contributed by atoms with E-state index in [9.17, 15) is 4.79 Å². The summed E-state index contributed by atoms with van der Waals surface area (Å²) in [6.45, 7) is 1.25. The van der Waals surface area contributed by atoms with Crippen LogP contribution in [0.5, 0.6) is 0 Å². The van der Waals surface area contributed by atoms with E-state index in [0.717, 1.165) is 17.3 Å². The molecule has 94 valence electrons. The number of halogens is 2. The van der Waals surface area contributed by atoms with E-state index in [4.69, 9.17) is 16.9 Å². The minimum Gasteiger partial charge on any atom is -0.339 e. The van der Waals surface area contributed by atoms with E-state index in [0.29, 0.717) is 23.7 Å². The SMILES string of the molecule is N#CC1CCN(C(=O)c2cc(Br)ccc2Cl)CC1. The van der Waals surface area contributed by atoms with Crippen LogP contribution in [-0.4, -0.2) is 23.9 Å². The van der Waals surface area contributed by atoms with Crippen LogP contribution in [0.15, 0.2) is 22.7 Å². The molecule has 1 aliphatic heterocycles. The predicted octanol–water partition coefficient (Wildman–Crippen LogP) is 3.48. The summed E-state index contributed by atoms with van der Waals surface area (Å²) < 4.78 is 0.835. The highest BCUT2D eigenvalue weighted by molar-refractivity contribution is 9.10. The highest BCUT2D eigenvalue weighted by Gasteiger charge is 2.24. The first-order valence-electron chi connectivity index (χ1n) is 5.75. The van der Waals surface area contributed by atoms with Crippen molar-refractivity contribution in [3.63, 3.8) is 0 Å². The molecule has 18 heavy (non-hydrogen) atoms. The lowest BCUT2D eigenvalue weighted by molar-refractivity contribution is 0.0707. The molecule has 1 aromatic rings. The summed E-state index contributed by atoms with van der Waals surface area (Å²) in [6.07, 6.45) is 1.49. The van der Waals surface area contributed by atoms with Gasteiger partial charge in [-0.1, -0.05) is 27.5 Å². The minimum atomic E-state index is -0.0577. The number of amides is 1. The van der Waals surface area contributed by atoms with Crippen molar-refractivity contribution >= 4 is 33.4 Å². The number of hydrogen-bond donors (Lipinski definition) is 0. The number of likely N-dealkylation sites (tertiary alicyclic amines) is 1. The van der Waals surface area contributed by atoms with Gasteiger partial charge in [0.15, 0.2) is 0 Å². The van der Waals surface area contributed by atoms with Crippen LogP contribution in [0.1, 0.15) is 23.2 Å². The maximum absolute atomic E-state index is 12.3. The van der Waals surface area contributed by atoms with Crippen LogP contribution >= 0.6 is 27.5 Å². The highest BCUT2D eigenvalue weighted by Crippen LogP contribution is 2.24. The fraction of sp³-hybridized carbons (Fsp3) is 0.385. The van der Waals surface area contributed by atoms with Crippen molar-refractivity contribution in [2.45, 2.75) is 12.8 Å².